The monoisotopic (exact) mass is 215 g/mol. The van der Waals surface area contributed by atoms with Crippen molar-refractivity contribution in [3.05, 3.63) is 0 Å². The Morgan fingerprint density at radius 3 is 2.20 bits per heavy atom. The molecule has 0 bridgehead atoms. The fraction of sp³-hybridized carbons (Fsp3) is 0.917. The lowest BCUT2D eigenvalue weighted by Gasteiger charge is -2.27. The average Bonchev–Trinajstić information content (AvgIpc) is 2.08. The molecule has 0 saturated carbocycles. The molecule has 0 aliphatic rings. The Bertz CT molecular complexity index is 194. The summed E-state index contributed by atoms with van der Waals surface area (Å²) in [5.74, 6) is 0.140. The smallest absolute Gasteiger partial charge is 0.175 e. The summed E-state index contributed by atoms with van der Waals surface area (Å²) in [4.78, 5) is 11.8. The second-order valence-electron chi connectivity index (χ2n) is 5.18. The van der Waals surface area contributed by atoms with Crippen LogP contribution in [0, 0.1) is 0 Å². The number of ketones is 1. The molecule has 0 aliphatic carbocycles. The van der Waals surface area contributed by atoms with E-state index < -0.39 is 0 Å². The second-order valence-corrected chi connectivity index (χ2v) is 5.18. The molecule has 0 saturated heterocycles. The number of hydrogen-bond donors (Lipinski definition) is 1. The van der Waals surface area contributed by atoms with E-state index in [4.69, 9.17) is 4.74 Å². The van der Waals surface area contributed by atoms with Gasteiger partial charge in [0.25, 0.3) is 0 Å². The predicted molar refractivity (Wildman–Crippen MR) is 63.1 cm³/mol. The van der Waals surface area contributed by atoms with Gasteiger partial charge in [0.05, 0.1) is 12.1 Å². The summed E-state index contributed by atoms with van der Waals surface area (Å²) in [6.07, 6.45) is 0.915. The van der Waals surface area contributed by atoms with E-state index in [1.165, 1.54) is 0 Å². The summed E-state index contributed by atoms with van der Waals surface area (Å²) < 4.78 is 5.31. The number of nitrogens with one attached hydrogen (secondary N) is 1. The highest BCUT2D eigenvalue weighted by atomic mass is 16.5. The molecule has 1 atom stereocenters. The van der Waals surface area contributed by atoms with Gasteiger partial charge in [0.2, 0.25) is 0 Å². The Balaban J connectivity index is 4.11. The van der Waals surface area contributed by atoms with Gasteiger partial charge in [0, 0.05) is 5.54 Å². The van der Waals surface area contributed by atoms with Gasteiger partial charge < -0.3 is 10.1 Å². The molecule has 15 heavy (non-hydrogen) atoms. The van der Waals surface area contributed by atoms with Crippen LogP contribution in [0.5, 0.6) is 0 Å². The van der Waals surface area contributed by atoms with E-state index in [2.05, 4.69) is 26.1 Å². The van der Waals surface area contributed by atoms with Gasteiger partial charge in [-0.05, 0) is 41.0 Å². The van der Waals surface area contributed by atoms with Crippen molar-refractivity contribution in [3.63, 3.8) is 0 Å². The van der Waals surface area contributed by atoms with Crippen LogP contribution in [0.3, 0.4) is 0 Å². The number of hydrogen-bond acceptors (Lipinski definition) is 3. The topological polar surface area (TPSA) is 38.3 Å². The molecule has 0 aromatic heterocycles. The van der Waals surface area contributed by atoms with E-state index in [-0.39, 0.29) is 30.1 Å². The molecule has 0 aliphatic heterocycles. The maximum Gasteiger partial charge on any atom is 0.175 e. The summed E-state index contributed by atoms with van der Waals surface area (Å²) >= 11 is 0. The van der Waals surface area contributed by atoms with E-state index in [9.17, 15) is 4.79 Å². The summed E-state index contributed by atoms with van der Waals surface area (Å²) in [6.45, 7) is 12.3. The first-order chi connectivity index (χ1) is 6.76. The SMILES string of the molecule is CCC(NC(C)(C)C)C(=O)COC(C)C. The Morgan fingerprint density at radius 1 is 1.33 bits per heavy atom. The lowest BCUT2D eigenvalue weighted by Crippen LogP contribution is -2.48. The summed E-state index contributed by atoms with van der Waals surface area (Å²) in [5, 5.41) is 3.30. The van der Waals surface area contributed by atoms with Crippen LogP contribution in [0.15, 0.2) is 0 Å². The van der Waals surface area contributed by atoms with Gasteiger partial charge in [-0.25, -0.2) is 0 Å². The van der Waals surface area contributed by atoms with Crippen LogP contribution >= 0.6 is 0 Å². The van der Waals surface area contributed by atoms with Crippen LogP contribution in [0.1, 0.15) is 48.0 Å². The van der Waals surface area contributed by atoms with Gasteiger partial charge in [0.15, 0.2) is 5.78 Å². The highest BCUT2D eigenvalue weighted by Crippen LogP contribution is 2.05. The molecule has 1 N–H and O–H groups in total. The van der Waals surface area contributed by atoms with E-state index in [0.717, 1.165) is 6.42 Å². The molecule has 3 nitrogen and oxygen atoms in total. The maximum atomic E-state index is 11.8. The number of carbonyl (C=O) groups is 1. The van der Waals surface area contributed by atoms with E-state index >= 15 is 0 Å². The first kappa shape index (κ1) is 14.6. The van der Waals surface area contributed by atoms with E-state index in [0.29, 0.717) is 0 Å². The highest BCUT2D eigenvalue weighted by Gasteiger charge is 2.22. The van der Waals surface area contributed by atoms with Crippen molar-refractivity contribution in [1.82, 2.24) is 5.32 Å². The minimum Gasteiger partial charge on any atom is -0.371 e. The van der Waals surface area contributed by atoms with Crippen LogP contribution < -0.4 is 5.32 Å². The Labute approximate surface area is 93.6 Å². The molecular weight excluding hydrogens is 190 g/mol. The summed E-state index contributed by atoms with van der Waals surface area (Å²) in [5.41, 5.74) is -0.0336. The summed E-state index contributed by atoms with van der Waals surface area (Å²) in [7, 11) is 0. The van der Waals surface area contributed by atoms with Crippen molar-refractivity contribution in [2.45, 2.75) is 65.6 Å². The molecule has 0 fully saturated rings. The molecule has 0 aromatic carbocycles. The Kier molecular flexibility index (Phi) is 6.06. The number of Topliss-reactive ketones (excluding diaryl/α,β-unsaturated/α-hetero) is 1. The average molecular weight is 215 g/mol. The van der Waals surface area contributed by atoms with E-state index in [1.54, 1.807) is 0 Å². The zero-order chi connectivity index (χ0) is 12.1. The Morgan fingerprint density at radius 2 is 1.87 bits per heavy atom. The fourth-order valence-electron chi connectivity index (χ4n) is 1.28. The molecule has 0 spiro atoms. The minimum atomic E-state index is -0.0938. The van der Waals surface area contributed by atoms with Crippen molar-refractivity contribution >= 4 is 5.78 Å². The van der Waals surface area contributed by atoms with Crippen molar-refractivity contribution in [3.8, 4) is 0 Å². The van der Waals surface area contributed by atoms with Crippen LogP contribution in [0.4, 0.5) is 0 Å². The minimum absolute atomic E-state index is 0.0336. The quantitative estimate of drug-likeness (QED) is 0.738. The maximum absolute atomic E-state index is 11.8. The van der Waals surface area contributed by atoms with Crippen LogP contribution in [-0.2, 0) is 9.53 Å². The molecule has 0 amide bonds. The number of rotatable bonds is 6. The van der Waals surface area contributed by atoms with Gasteiger partial charge in [-0.3, -0.25) is 4.79 Å². The molecule has 3 heteroatoms. The molecule has 1 unspecified atom stereocenters. The van der Waals surface area contributed by atoms with Gasteiger partial charge in [0.1, 0.15) is 6.61 Å². The van der Waals surface area contributed by atoms with Crippen molar-refractivity contribution in [2.75, 3.05) is 6.61 Å². The molecule has 90 valence electrons. The van der Waals surface area contributed by atoms with Gasteiger partial charge in [-0.2, -0.15) is 0 Å². The van der Waals surface area contributed by atoms with Crippen LogP contribution in [-0.4, -0.2) is 30.1 Å². The molecular formula is C12H25NO2. The van der Waals surface area contributed by atoms with Gasteiger partial charge in [-0.1, -0.05) is 6.92 Å². The highest BCUT2D eigenvalue weighted by molar-refractivity contribution is 5.85. The van der Waals surface area contributed by atoms with Crippen LogP contribution in [0.2, 0.25) is 0 Å². The van der Waals surface area contributed by atoms with Crippen molar-refractivity contribution in [2.24, 2.45) is 0 Å². The number of carbonyl (C=O) groups excluding carboxylic acids is 1. The third kappa shape index (κ3) is 7.51. The third-order valence-electron chi connectivity index (χ3n) is 1.96. The lowest BCUT2D eigenvalue weighted by atomic mass is 10.0. The van der Waals surface area contributed by atoms with Gasteiger partial charge >= 0.3 is 0 Å². The zero-order valence-corrected chi connectivity index (χ0v) is 10.9. The fourth-order valence-corrected chi connectivity index (χ4v) is 1.28. The standard InChI is InChI=1S/C12H25NO2/c1-7-10(13-12(4,5)6)11(14)8-15-9(2)3/h9-10,13H,7-8H2,1-6H3. The summed E-state index contributed by atoms with van der Waals surface area (Å²) in [6, 6.07) is -0.0938. The van der Waals surface area contributed by atoms with E-state index in [1.807, 2.05) is 20.8 Å². The first-order valence-electron chi connectivity index (χ1n) is 5.68. The number of ether oxygens (including phenoxy) is 1. The van der Waals surface area contributed by atoms with Crippen molar-refractivity contribution < 1.29 is 9.53 Å². The predicted octanol–water partition coefficient (Wildman–Crippen LogP) is 2.15. The zero-order valence-electron chi connectivity index (χ0n) is 10.9. The normalized spacial score (nSPS) is 14.3. The van der Waals surface area contributed by atoms with Gasteiger partial charge in [-0.15, -0.1) is 0 Å². The first-order valence-corrected chi connectivity index (χ1v) is 5.68. The molecule has 0 radical (unpaired) electrons. The second kappa shape index (κ2) is 6.23. The molecule has 0 rings (SSSR count). The molecule has 0 aromatic rings. The third-order valence-corrected chi connectivity index (χ3v) is 1.96. The Hall–Kier alpha value is -0.410. The molecule has 0 heterocycles. The largest absolute Gasteiger partial charge is 0.371 e. The lowest BCUT2D eigenvalue weighted by molar-refractivity contribution is -0.127. The van der Waals surface area contributed by atoms with Crippen LogP contribution in [0.25, 0.3) is 0 Å². The van der Waals surface area contributed by atoms with Crippen molar-refractivity contribution in [1.29, 1.82) is 0 Å².